The van der Waals surface area contributed by atoms with Crippen LogP contribution in [0.3, 0.4) is 0 Å². The molecule has 1 amide bonds. The van der Waals surface area contributed by atoms with Gasteiger partial charge in [-0.2, -0.15) is 23.4 Å². The van der Waals surface area contributed by atoms with E-state index in [-0.39, 0.29) is 18.7 Å². The van der Waals surface area contributed by atoms with Gasteiger partial charge in [-0.15, -0.1) is 0 Å². The number of likely N-dealkylation sites (tertiary alicyclic amines) is 1. The molecule has 0 unspecified atom stereocenters. The zero-order chi connectivity index (χ0) is 21.3. The van der Waals surface area contributed by atoms with Crippen LogP contribution in [0.1, 0.15) is 21.6 Å². The Morgan fingerprint density at radius 3 is 2.70 bits per heavy atom. The third-order valence-electron chi connectivity index (χ3n) is 5.04. The second kappa shape index (κ2) is 7.98. The fourth-order valence-electron chi connectivity index (χ4n) is 3.46. The summed E-state index contributed by atoms with van der Waals surface area (Å²) in [7, 11) is 0. The van der Waals surface area contributed by atoms with Gasteiger partial charge in [0.25, 0.3) is 5.91 Å². The molecule has 5 nitrogen and oxygen atoms in total. The summed E-state index contributed by atoms with van der Waals surface area (Å²) in [4.78, 5) is 13.9. The molecule has 2 heterocycles. The van der Waals surface area contributed by atoms with Crippen LogP contribution >= 0.6 is 0 Å². The van der Waals surface area contributed by atoms with E-state index in [0.29, 0.717) is 17.7 Å². The number of hydrogen-bond donors (Lipinski definition) is 1. The molecule has 9 heteroatoms. The van der Waals surface area contributed by atoms with Gasteiger partial charge in [-0.05, 0) is 17.7 Å². The molecule has 0 radical (unpaired) electrons. The van der Waals surface area contributed by atoms with Crippen molar-refractivity contribution >= 4 is 16.7 Å². The first-order chi connectivity index (χ1) is 14.3. The molecule has 30 heavy (non-hydrogen) atoms. The normalized spacial score (nSPS) is 14.7. The molecule has 156 valence electrons. The van der Waals surface area contributed by atoms with Gasteiger partial charge in [-0.25, -0.2) is 4.39 Å². The Bertz CT molecular complexity index is 1070. The monoisotopic (exact) mass is 418 g/mol. The lowest BCUT2D eigenvalue weighted by molar-refractivity contribution is -0.127. The topological polar surface area (TPSA) is 58.1 Å². The minimum atomic E-state index is -4.31. The molecule has 0 bridgehead atoms. The lowest BCUT2D eigenvalue weighted by atomic mass is 10.0. The summed E-state index contributed by atoms with van der Waals surface area (Å²) in [5, 5.41) is 12.4. The zero-order valence-corrected chi connectivity index (χ0v) is 15.8. The second-order valence-corrected chi connectivity index (χ2v) is 7.27. The predicted octanol–water partition coefficient (Wildman–Crippen LogP) is 3.34. The number of nitrogens with zero attached hydrogens (tertiary/aromatic N) is 3. The number of hydrogen-bond acceptors (Lipinski definition) is 4. The fourth-order valence-corrected chi connectivity index (χ4v) is 3.46. The Hall–Kier alpha value is -3.07. The van der Waals surface area contributed by atoms with Crippen LogP contribution in [0.15, 0.2) is 48.7 Å². The van der Waals surface area contributed by atoms with E-state index in [1.165, 1.54) is 17.0 Å². The molecule has 1 aromatic heterocycles. The summed E-state index contributed by atoms with van der Waals surface area (Å²) < 4.78 is 51.1. The van der Waals surface area contributed by atoms with Crippen LogP contribution in [0.25, 0.3) is 10.8 Å². The van der Waals surface area contributed by atoms with E-state index >= 15 is 0 Å². The molecule has 4 rings (SSSR count). The SMILES string of the molecule is O=C(c1cc(Cc2nncc3ccccc23)ccc1F)N1CC(NCC(F)(F)F)C1. The summed E-state index contributed by atoms with van der Waals surface area (Å²) in [5.41, 5.74) is 1.30. The van der Waals surface area contributed by atoms with Gasteiger partial charge < -0.3 is 10.2 Å². The van der Waals surface area contributed by atoms with Crippen LogP contribution in [0.4, 0.5) is 17.6 Å². The number of alkyl halides is 3. The maximum absolute atomic E-state index is 14.3. The molecule has 3 aromatic rings. The highest BCUT2D eigenvalue weighted by Crippen LogP contribution is 2.22. The molecule has 0 atom stereocenters. The number of rotatable bonds is 5. The van der Waals surface area contributed by atoms with Crippen molar-refractivity contribution in [2.24, 2.45) is 0 Å². The Kier molecular flexibility index (Phi) is 5.38. The Labute approximate surface area is 169 Å². The van der Waals surface area contributed by atoms with Gasteiger partial charge in [0.1, 0.15) is 5.82 Å². The van der Waals surface area contributed by atoms with Gasteiger partial charge in [0.05, 0.1) is 24.0 Å². The highest BCUT2D eigenvalue weighted by Gasteiger charge is 2.35. The number of carbonyl (C=O) groups is 1. The number of fused-ring (bicyclic) bond motifs is 1. The summed E-state index contributed by atoms with van der Waals surface area (Å²) in [6, 6.07) is 11.4. The number of nitrogens with one attached hydrogen (secondary N) is 1. The third kappa shape index (κ3) is 4.40. The Morgan fingerprint density at radius 1 is 1.17 bits per heavy atom. The van der Waals surface area contributed by atoms with Gasteiger partial charge in [0.15, 0.2) is 0 Å². The number of carbonyl (C=O) groups excluding carboxylic acids is 1. The van der Waals surface area contributed by atoms with Crippen LogP contribution in [0.5, 0.6) is 0 Å². The Morgan fingerprint density at radius 2 is 1.93 bits per heavy atom. The van der Waals surface area contributed by atoms with E-state index in [1.807, 2.05) is 24.3 Å². The Balaban J connectivity index is 1.47. The van der Waals surface area contributed by atoms with Crippen molar-refractivity contribution in [2.75, 3.05) is 19.6 Å². The molecule has 0 spiro atoms. The predicted molar refractivity (Wildman–Crippen MR) is 102 cm³/mol. The van der Waals surface area contributed by atoms with Crippen molar-refractivity contribution in [3.05, 3.63) is 71.3 Å². The summed E-state index contributed by atoms with van der Waals surface area (Å²) in [6.07, 6.45) is -2.29. The molecule has 1 aliphatic rings. The maximum Gasteiger partial charge on any atom is 0.401 e. The van der Waals surface area contributed by atoms with Gasteiger partial charge in [0.2, 0.25) is 0 Å². The molecule has 0 saturated carbocycles. The lowest BCUT2D eigenvalue weighted by Crippen LogP contribution is -2.61. The quantitative estimate of drug-likeness (QED) is 0.646. The summed E-state index contributed by atoms with van der Waals surface area (Å²) >= 11 is 0. The van der Waals surface area contributed by atoms with Crippen molar-refractivity contribution in [3.63, 3.8) is 0 Å². The highest BCUT2D eigenvalue weighted by atomic mass is 19.4. The van der Waals surface area contributed by atoms with Crippen molar-refractivity contribution in [3.8, 4) is 0 Å². The first kappa shape index (κ1) is 20.2. The zero-order valence-electron chi connectivity index (χ0n) is 15.8. The first-order valence-electron chi connectivity index (χ1n) is 9.37. The standard InChI is InChI=1S/C21H18F4N4O/c22-18-6-5-13(8-19-16-4-2-1-3-14(16)9-27-28-19)7-17(18)20(30)29-10-15(11-29)26-12-21(23,24)25/h1-7,9,15,26H,8,10-12H2. The fraction of sp³-hybridized carbons (Fsp3) is 0.286. The van der Waals surface area contributed by atoms with Gasteiger partial charge in [-0.3, -0.25) is 4.79 Å². The van der Waals surface area contributed by atoms with E-state index in [9.17, 15) is 22.4 Å². The van der Waals surface area contributed by atoms with Crippen LogP contribution in [-0.4, -0.2) is 52.9 Å². The molecule has 1 aliphatic heterocycles. The molecule has 1 saturated heterocycles. The number of amides is 1. The minimum absolute atomic E-state index is 0.102. The number of aromatic nitrogens is 2. The van der Waals surface area contributed by atoms with E-state index in [0.717, 1.165) is 10.8 Å². The average molecular weight is 418 g/mol. The largest absolute Gasteiger partial charge is 0.401 e. The molecule has 0 aliphatic carbocycles. The maximum atomic E-state index is 14.3. The second-order valence-electron chi connectivity index (χ2n) is 7.27. The van der Waals surface area contributed by atoms with E-state index < -0.39 is 30.5 Å². The first-order valence-corrected chi connectivity index (χ1v) is 9.37. The number of halogens is 4. The van der Waals surface area contributed by atoms with E-state index in [1.54, 1.807) is 12.3 Å². The molecule has 1 N–H and O–H groups in total. The lowest BCUT2D eigenvalue weighted by Gasteiger charge is -2.40. The van der Waals surface area contributed by atoms with E-state index in [2.05, 4.69) is 15.5 Å². The van der Waals surface area contributed by atoms with Crippen LogP contribution in [0.2, 0.25) is 0 Å². The van der Waals surface area contributed by atoms with Crippen LogP contribution < -0.4 is 5.32 Å². The van der Waals surface area contributed by atoms with Crippen LogP contribution in [0, 0.1) is 5.82 Å². The molecule has 1 fully saturated rings. The highest BCUT2D eigenvalue weighted by molar-refractivity contribution is 5.95. The summed E-state index contributed by atoms with van der Waals surface area (Å²) in [5.74, 6) is -1.21. The van der Waals surface area contributed by atoms with Gasteiger partial charge >= 0.3 is 6.18 Å². The van der Waals surface area contributed by atoms with Crippen molar-refractivity contribution in [1.29, 1.82) is 0 Å². The van der Waals surface area contributed by atoms with Gasteiger partial charge in [-0.1, -0.05) is 30.3 Å². The van der Waals surface area contributed by atoms with Gasteiger partial charge in [0, 0.05) is 36.3 Å². The minimum Gasteiger partial charge on any atom is -0.335 e. The summed E-state index contributed by atoms with van der Waals surface area (Å²) in [6.45, 7) is -0.906. The van der Waals surface area contributed by atoms with Crippen molar-refractivity contribution < 1.29 is 22.4 Å². The smallest absolute Gasteiger partial charge is 0.335 e. The van der Waals surface area contributed by atoms with Crippen molar-refractivity contribution in [1.82, 2.24) is 20.4 Å². The van der Waals surface area contributed by atoms with Crippen molar-refractivity contribution in [2.45, 2.75) is 18.6 Å². The van der Waals surface area contributed by atoms with E-state index in [4.69, 9.17) is 0 Å². The molecular formula is C21H18F4N4O. The average Bonchev–Trinajstić information content (AvgIpc) is 2.67. The van der Waals surface area contributed by atoms with Crippen LogP contribution in [-0.2, 0) is 6.42 Å². The number of benzene rings is 2. The molecular weight excluding hydrogens is 400 g/mol. The molecule has 2 aromatic carbocycles. The third-order valence-corrected chi connectivity index (χ3v) is 5.04.